The molecule has 0 saturated carbocycles. The van der Waals surface area contributed by atoms with Crippen molar-refractivity contribution in [2.75, 3.05) is 0 Å². The van der Waals surface area contributed by atoms with Crippen LogP contribution < -0.4 is 10.5 Å². The van der Waals surface area contributed by atoms with Crippen LogP contribution in [0, 0.1) is 5.82 Å². The zero-order valence-electron chi connectivity index (χ0n) is 11.0. The van der Waals surface area contributed by atoms with Gasteiger partial charge in [-0.2, -0.15) is 5.10 Å². The lowest BCUT2D eigenvalue weighted by atomic mass is 10.1. The molecule has 1 atom stereocenters. The SMILES string of the molecule is CCn1ncnc1COc1ccc(C(C)N)cc1F. The summed E-state index contributed by atoms with van der Waals surface area (Å²) >= 11 is 0. The smallest absolute Gasteiger partial charge is 0.165 e. The number of aryl methyl sites for hydroxylation is 1. The Morgan fingerprint density at radius 1 is 1.47 bits per heavy atom. The van der Waals surface area contributed by atoms with Gasteiger partial charge in [0, 0.05) is 12.6 Å². The number of hydrogen-bond acceptors (Lipinski definition) is 4. The van der Waals surface area contributed by atoms with E-state index in [-0.39, 0.29) is 18.4 Å². The molecule has 1 heterocycles. The zero-order valence-corrected chi connectivity index (χ0v) is 11.0. The Morgan fingerprint density at radius 3 is 2.89 bits per heavy atom. The summed E-state index contributed by atoms with van der Waals surface area (Å²) < 4.78 is 20.9. The van der Waals surface area contributed by atoms with E-state index in [1.165, 1.54) is 12.4 Å². The molecule has 0 amide bonds. The summed E-state index contributed by atoms with van der Waals surface area (Å²) in [5, 5.41) is 4.02. The first-order valence-corrected chi connectivity index (χ1v) is 6.16. The summed E-state index contributed by atoms with van der Waals surface area (Å²) in [6.07, 6.45) is 1.46. The predicted molar refractivity (Wildman–Crippen MR) is 69.0 cm³/mol. The summed E-state index contributed by atoms with van der Waals surface area (Å²) in [5.74, 6) is 0.436. The Kier molecular flexibility index (Phi) is 4.11. The highest BCUT2D eigenvalue weighted by atomic mass is 19.1. The summed E-state index contributed by atoms with van der Waals surface area (Å²) in [5.41, 5.74) is 6.43. The van der Waals surface area contributed by atoms with Gasteiger partial charge in [0.15, 0.2) is 17.4 Å². The molecule has 0 aliphatic heterocycles. The number of rotatable bonds is 5. The lowest BCUT2D eigenvalue weighted by Crippen LogP contribution is -2.09. The van der Waals surface area contributed by atoms with Crippen LogP contribution in [0.25, 0.3) is 0 Å². The minimum Gasteiger partial charge on any atom is -0.483 e. The number of hydrogen-bond donors (Lipinski definition) is 1. The Hall–Kier alpha value is -1.95. The predicted octanol–water partition coefficient (Wildman–Crippen LogP) is 2.04. The largest absolute Gasteiger partial charge is 0.483 e. The molecule has 102 valence electrons. The number of benzene rings is 1. The molecule has 0 fully saturated rings. The molecule has 0 radical (unpaired) electrons. The maximum atomic E-state index is 13.8. The Balaban J connectivity index is 2.08. The van der Waals surface area contributed by atoms with Gasteiger partial charge in [0.1, 0.15) is 12.9 Å². The second-order valence-electron chi connectivity index (χ2n) is 4.26. The first-order chi connectivity index (χ1) is 9.11. The van der Waals surface area contributed by atoms with Crippen LogP contribution in [0.4, 0.5) is 4.39 Å². The fourth-order valence-corrected chi connectivity index (χ4v) is 1.72. The normalized spacial score (nSPS) is 12.4. The topological polar surface area (TPSA) is 66.0 Å². The second kappa shape index (κ2) is 5.79. The Labute approximate surface area is 111 Å². The van der Waals surface area contributed by atoms with E-state index < -0.39 is 5.82 Å². The van der Waals surface area contributed by atoms with Crippen molar-refractivity contribution in [2.24, 2.45) is 5.73 Å². The van der Waals surface area contributed by atoms with E-state index in [1.54, 1.807) is 23.7 Å². The van der Waals surface area contributed by atoms with Crippen LogP contribution >= 0.6 is 0 Å². The molecule has 0 spiro atoms. The number of nitrogens with two attached hydrogens (primary N) is 1. The van der Waals surface area contributed by atoms with E-state index in [1.807, 2.05) is 6.92 Å². The highest BCUT2D eigenvalue weighted by molar-refractivity contribution is 5.30. The lowest BCUT2D eigenvalue weighted by molar-refractivity contribution is 0.273. The maximum absolute atomic E-state index is 13.8. The molecule has 1 unspecified atom stereocenters. The van der Waals surface area contributed by atoms with Gasteiger partial charge >= 0.3 is 0 Å². The fraction of sp³-hybridized carbons (Fsp3) is 0.385. The van der Waals surface area contributed by atoms with Gasteiger partial charge < -0.3 is 10.5 Å². The molecule has 0 saturated heterocycles. The molecular weight excluding hydrogens is 247 g/mol. The standard InChI is InChI=1S/C13H17FN4O/c1-3-18-13(16-8-17-18)7-19-12-5-4-10(9(2)15)6-11(12)14/h4-6,8-9H,3,7,15H2,1-2H3. The van der Waals surface area contributed by atoms with E-state index in [9.17, 15) is 4.39 Å². The van der Waals surface area contributed by atoms with Gasteiger partial charge in [0.25, 0.3) is 0 Å². The van der Waals surface area contributed by atoms with Crippen LogP contribution in [0.5, 0.6) is 5.75 Å². The van der Waals surface area contributed by atoms with Crippen molar-refractivity contribution >= 4 is 0 Å². The minimum atomic E-state index is -0.419. The number of nitrogens with zero attached hydrogens (tertiary/aromatic N) is 3. The van der Waals surface area contributed by atoms with Gasteiger partial charge in [-0.1, -0.05) is 6.07 Å². The minimum absolute atomic E-state index is 0.183. The van der Waals surface area contributed by atoms with Crippen molar-refractivity contribution in [3.05, 3.63) is 41.7 Å². The number of halogens is 1. The average molecular weight is 264 g/mol. The molecule has 0 bridgehead atoms. The number of aromatic nitrogens is 3. The Bertz CT molecular complexity index is 553. The van der Waals surface area contributed by atoms with Crippen molar-refractivity contribution < 1.29 is 9.13 Å². The first-order valence-electron chi connectivity index (χ1n) is 6.16. The van der Waals surface area contributed by atoms with Crippen LogP contribution in [0.15, 0.2) is 24.5 Å². The summed E-state index contributed by atoms with van der Waals surface area (Å²) in [7, 11) is 0. The molecule has 6 heteroatoms. The van der Waals surface area contributed by atoms with Gasteiger partial charge in [0.2, 0.25) is 0 Å². The summed E-state index contributed by atoms with van der Waals surface area (Å²) in [6.45, 7) is 4.64. The van der Waals surface area contributed by atoms with Gasteiger partial charge in [-0.25, -0.2) is 14.1 Å². The van der Waals surface area contributed by atoms with E-state index in [0.717, 1.165) is 5.56 Å². The van der Waals surface area contributed by atoms with Crippen molar-refractivity contribution in [2.45, 2.75) is 33.0 Å². The third-order valence-electron chi connectivity index (χ3n) is 2.83. The van der Waals surface area contributed by atoms with E-state index >= 15 is 0 Å². The van der Waals surface area contributed by atoms with Crippen LogP contribution in [0.2, 0.25) is 0 Å². The van der Waals surface area contributed by atoms with E-state index in [4.69, 9.17) is 10.5 Å². The van der Waals surface area contributed by atoms with Gasteiger partial charge in [-0.15, -0.1) is 0 Å². The van der Waals surface area contributed by atoms with E-state index in [2.05, 4.69) is 10.1 Å². The fourth-order valence-electron chi connectivity index (χ4n) is 1.72. The summed E-state index contributed by atoms with van der Waals surface area (Å²) in [4.78, 5) is 4.06. The van der Waals surface area contributed by atoms with Gasteiger partial charge in [-0.05, 0) is 31.5 Å². The molecule has 1 aromatic heterocycles. The highest BCUT2D eigenvalue weighted by Crippen LogP contribution is 2.21. The Morgan fingerprint density at radius 2 is 2.26 bits per heavy atom. The van der Waals surface area contributed by atoms with Crippen LogP contribution in [0.3, 0.4) is 0 Å². The molecule has 5 nitrogen and oxygen atoms in total. The van der Waals surface area contributed by atoms with Crippen molar-refractivity contribution in [1.82, 2.24) is 14.8 Å². The van der Waals surface area contributed by atoms with Crippen LogP contribution in [-0.4, -0.2) is 14.8 Å². The van der Waals surface area contributed by atoms with Crippen molar-refractivity contribution in [3.63, 3.8) is 0 Å². The summed E-state index contributed by atoms with van der Waals surface area (Å²) in [6, 6.07) is 4.53. The molecule has 2 N–H and O–H groups in total. The molecule has 1 aromatic carbocycles. The number of ether oxygens (including phenoxy) is 1. The third-order valence-corrected chi connectivity index (χ3v) is 2.83. The highest BCUT2D eigenvalue weighted by Gasteiger charge is 2.09. The molecule has 0 aliphatic carbocycles. The van der Waals surface area contributed by atoms with Crippen LogP contribution in [-0.2, 0) is 13.2 Å². The molecule has 19 heavy (non-hydrogen) atoms. The van der Waals surface area contributed by atoms with Gasteiger partial charge in [-0.3, -0.25) is 0 Å². The lowest BCUT2D eigenvalue weighted by Gasteiger charge is -2.10. The molecule has 2 aromatic rings. The monoisotopic (exact) mass is 264 g/mol. The van der Waals surface area contributed by atoms with E-state index in [0.29, 0.717) is 12.4 Å². The van der Waals surface area contributed by atoms with Crippen LogP contribution in [0.1, 0.15) is 31.3 Å². The quantitative estimate of drug-likeness (QED) is 0.897. The second-order valence-corrected chi connectivity index (χ2v) is 4.26. The zero-order chi connectivity index (χ0) is 13.8. The first kappa shape index (κ1) is 13.5. The third kappa shape index (κ3) is 3.08. The average Bonchev–Trinajstić information content (AvgIpc) is 2.84. The van der Waals surface area contributed by atoms with Gasteiger partial charge in [0.05, 0.1) is 0 Å². The molecular formula is C13H17FN4O. The molecule has 2 rings (SSSR count). The maximum Gasteiger partial charge on any atom is 0.165 e. The molecule has 0 aliphatic rings. The van der Waals surface area contributed by atoms with Crippen molar-refractivity contribution in [3.8, 4) is 5.75 Å². The van der Waals surface area contributed by atoms with Crippen molar-refractivity contribution in [1.29, 1.82) is 0 Å².